The molecular formula is C12H20N2O3. The maximum atomic E-state index is 9.60. The molecule has 0 heterocycles. The molecule has 0 fully saturated rings. The van der Waals surface area contributed by atoms with Crippen LogP contribution in [-0.2, 0) is 0 Å². The van der Waals surface area contributed by atoms with E-state index in [0.717, 1.165) is 17.2 Å². The van der Waals surface area contributed by atoms with Gasteiger partial charge in [-0.1, -0.05) is 0 Å². The van der Waals surface area contributed by atoms with Crippen LogP contribution in [0.5, 0.6) is 11.5 Å². The number of benzene rings is 1. The maximum Gasteiger partial charge on any atom is 0.142 e. The van der Waals surface area contributed by atoms with Crippen molar-refractivity contribution in [3.05, 3.63) is 18.2 Å². The smallest absolute Gasteiger partial charge is 0.142 e. The second-order valence-electron chi connectivity index (χ2n) is 3.66. The summed E-state index contributed by atoms with van der Waals surface area (Å²) in [4.78, 5) is 0. The Balaban J connectivity index is 2.67. The molecule has 0 bridgehead atoms. The number of aliphatic hydroxyl groups is 1. The fraction of sp³-hybridized carbons (Fsp3) is 0.500. The lowest BCUT2D eigenvalue weighted by Crippen LogP contribution is -2.30. The number of anilines is 1. The molecule has 96 valence electrons. The molecule has 0 aromatic heterocycles. The average molecular weight is 240 g/mol. The van der Waals surface area contributed by atoms with Crippen LogP contribution in [0.4, 0.5) is 5.69 Å². The first-order chi connectivity index (χ1) is 8.21. The van der Waals surface area contributed by atoms with Gasteiger partial charge in [0.15, 0.2) is 0 Å². The van der Waals surface area contributed by atoms with Gasteiger partial charge in [-0.2, -0.15) is 0 Å². The summed E-state index contributed by atoms with van der Waals surface area (Å²) < 4.78 is 10.4. The van der Waals surface area contributed by atoms with Gasteiger partial charge >= 0.3 is 0 Å². The molecule has 1 aromatic carbocycles. The van der Waals surface area contributed by atoms with Crippen LogP contribution in [-0.4, -0.2) is 45.6 Å². The van der Waals surface area contributed by atoms with Gasteiger partial charge in [-0.3, -0.25) is 0 Å². The second kappa shape index (κ2) is 6.98. The summed E-state index contributed by atoms with van der Waals surface area (Å²) in [6.07, 6.45) is -0.448. The number of rotatable bonds is 7. The van der Waals surface area contributed by atoms with E-state index < -0.39 is 6.10 Å². The van der Waals surface area contributed by atoms with E-state index in [9.17, 15) is 5.11 Å². The number of methoxy groups -OCH3 is 2. The van der Waals surface area contributed by atoms with Crippen molar-refractivity contribution < 1.29 is 14.6 Å². The standard InChI is InChI=1S/C12H20N2O3/c1-13-7-9(15)8-14-11-6-10(16-2)4-5-12(11)17-3/h4-6,9,13-15H,7-8H2,1-3H3/t9-/m1/s1. The molecule has 17 heavy (non-hydrogen) atoms. The van der Waals surface area contributed by atoms with Gasteiger partial charge in [-0.25, -0.2) is 0 Å². The molecule has 1 atom stereocenters. The Morgan fingerprint density at radius 3 is 2.59 bits per heavy atom. The highest BCUT2D eigenvalue weighted by Gasteiger charge is 2.07. The van der Waals surface area contributed by atoms with E-state index in [2.05, 4.69) is 10.6 Å². The fourth-order valence-corrected chi connectivity index (χ4v) is 1.49. The van der Waals surface area contributed by atoms with Gasteiger partial charge < -0.3 is 25.2 Å². The zero-order chi connectivity index (χ0) is 12.7. The third-order valence-electron chi connectivity index (χ3n) is 2.37. The van der Waals surface area contributed by atoms with Crippen LogP contribution < -0.4 is 20.1 Å². The van der Waals surface area contributed by atoms with Crippen LogP contribution in [0.2, 0.25) is 0 Å². The predicted molar refractivity (Wildman–Crippen MR) is 68.0 cm³/mol. The molecule has 0 unspecified atom stereocenters. The van der Waals surface area contributed by atoms with Gasteiger partial charge in [0.2, 0.25) is 0 Å². The summed E-state index contributed by atoms with van der Waals surface area (Å²) in [5.41, 5.74) is 0.807. The number of ether oxygens (including phenoxy) is 2. The van der Waals surface area contributed by atoms with E-state index in [-0.39, 0.29) is 0 Å². The van der Waals surface area contributed by atoms with Gasteiger partial charge in [-0.05, 0) is 19.2 Å². The van der Waals surface area contributed by atoms with E-state index in [1.165, 1.54) is 0 Å². The highest BCUT2D eigenvalue weighted by molar-refractivity contribution is 5.59. The molecule has 0 radical (unpaired) electrons. The first-order valence-corrected chi connectivity index (χ1v) is 5.49. The quantitative estimate of drug-likeness (QED) is 0.654. The summed E-state index contributed by atoms with van der Waals surface area (Å²) in [7, 11) is 5.02. The monoisotopic (exact) mass is 240 g/mol. The molecule has 0 aliphatic rings. The van der Waals surface area contributed by atoms with Crippen LogP contribution >= 0.6 is 0 Å². The third-order valence-corrected chi connectivity index (χ3v) is 2.37. The lowest BCUT2D eigenvalue weighted by molar-refractivity contribution is 0.187. The SMILES string of the molecule is CNC[C@@H](O)CNc1cc(OC)ccc1OC. The van der Waals surface area contributed by atoms with Crippen LogP contribution in [0.25, 0.3) is 0 Å². The highest BCUT2D eigenvalue weighted by atomic mass is 16.5. The topological polar surface area (TPSA) is 62.8 Å². The lowest BCUT2D eigenvalue weighted by atomic mass is 10.2. The molecule has 0 amide bonds. The van der Waals surface area contributed by atoms with Crippen molar-refractivity contribution in [3.8, 4) is 11.5 Å². The number of hydrogen-bond acceptors (Lipinski definition) is 5. The predicted octanol–water partition coefficient (Wildman–Crippen LogP) is 0.696. The molecule has 5 nitrogen and oxygen atoms in total. The summed E-state index contributed by atoms with van der Waals surface area (Å²) in [5.74, 6) is 1.47. The second-order valence-corrected chi connectivity index (χ2v) is 3.66. The molecule has 1 rings (SSSR count). The number of hydrogen-bond donors (Lipinski definition) is 3. The maximum absolute atomic E-state index is 9.60. The van der Waals surface area contributed by atoms with Crippen molar-refractivity contribution in [1.29, 1.82) is 0 Å². The zero-order valence-corrected chi connectivity index (χ0v) is 10.5. The molecule has 0 spiro atoms. The van der Waals surface area contributed by atoms with E-state index in [1.807, 2.05) is 18.2 Å². The van der Waals surface area contributed by atoms with Gasteiger partial charge in [-0.15, -0.1) is 0 Å². The first kappa shape index (κ1) is 13.6. The summed E-state index contributed by atoms with van der Waals surface area (Å²) in [5, 5.41) is 15.6. The summed E-state index contributed by atoms with van der Waals surface area (Å²) in [6, 6.07) is 5.49. The van der Waals surface area contributed by atoms with Crippen molar-refractivity contribution in [1.82, 2.24) is 5.32 Å². The van der Waals surface area contributed by atoms with Crippen LogP contribution in [0.3, 0.4) is 0 Å². The molecular weight excluding hydrogens is 220 g/mol. The molecule has 0 saturated heterocycles. The van der Waals surface area contributed by atoms with E-state index >= 15 is 0 Å². The summed E-state index contributed by atoms with van der Waals surface area (Å²) >= 11 is 0. The molecule has 1 aromatic rings. The molecule has 0 aliphatic carbocycles. The number of aliphatic hydroxyl groups excluding tert-OH is 1. The lowest BCUT2D eigenvalue weighted by Gasteiger charge is -2.15. The largest absolute Gasteiger partial charge is 0.497 e. The van der Waals surface area contributed by atoms with Crippen molar-refractivity contribution in [2.45, 2.75) is 6.10 Å². The van der Waals surface area contributed by atoms with Crippen LogP contribution in [0, 0.1) is 0 Å². The van der Waals surface area contributed by atoms with Crippen LogP contribution in [0.1, 0.15) is 0 Å². The fourth-order valence-electron chi connectivity index (χ4n) is 1.49. The van der Waals surface area contributed by atoms with Crippen molar-refractivity contribution in [3.63, 3.8) is 0 Å². The Bertz CT molecular complexity index is 345. The number of likely N-dealkylation sites (N-methyl/N-ethyl adjacent to an activating group) is 1. The molecule has 0 saturated carbocycles. The van der Waals surface area contributed by atoms with Crippen molar-refractivity contribution in [2.75, 3.05) is 39.7 Å². The van der Waals surface area contributed by atoms with Gasteiger partial charge in [0.1, 0.15) is 11.5 Å². The zero-order valence-electron chi connectivity index (χ0n) is 10.5. The third kappa shape index (κ3) is 4.13. The van der Waals surface area contributed by atoms with Crippen LogP contribution in [0.15, 0.2) is 18.2 Å². The number of nitrogens with one attached hydrogen (secondary N) is 2. The minimum Gasteiger partial charge on any atom is -0.497 e. The van der Waals surface area contributed by atoms with E-state index in [1.54, 1.807) is 21.3 Å². The highest BCUT2D eigenvalue weighted by Crippen LogP contribution is 2.28. The normalized spacial score (nSPS) is 12.0. The Morgan fingerprint density at radius 2 is 2.00 bits per heavy atom. The average Bonchev–Trinajstić information content (AvgIpc) is 2.36. The molecule has 5 heteroatoms. The van der Waals surface area contributed by atoms with Crippen molar-refractivity contribution in [2.24, 2.45) is 0 Å². The molecule has 0 aliphatic heterocycles. The Morgan fingerprint density at radius 1 is 1.24 bits per heavy atom. The Hall–Kier alpha value is -1.46. The van der Waals surface area contributed by atoms with E-state index in [0.29, 0.717) is 13.1 Å². The molecule has 3 N–H and O–H groups in total. The van der Waals surface area contributed by atoms with E-state index in [4.69, 9.17) is 9.47 Å². The Kier molecular flexibility index (Phi) is 5.59. The van der Waals surface area contributed by atoms with Gasteiger partial charge in [0, 0.05) is 19.2 Å². The van der Waals surface area contributed by atoms with Gasteiger partial charge in [0.05, 0.1) is 26.0 Å². The first-order valence-electron chi connectivity index (χ1n) is 5.49. The minimum atomic E-state index is -0.448. The summed E-state index contributed by atoms with van der Waals surface area (Å²) in [6.45, 7) is 0.990. The van der Waals surface area contributed by atoms with Gasteiger partial charge in [0.25, 0.3) is 0 Å². The van der Waals surface area contributed by atoms with Crippen molar-refractivity contribution >= 4 is 5.69 Å². The Labute approximate surface area is 102 Å². The minimum absolute atomic E-state index is 0.448.